The highest BCUT2D eigenvalue weighted by atomic mass is 16.3. The maximum absolute atomic E-state index is 12.1. The van der Waals surface area contributed by atoms with Gasteiger partial charge in [0.15, 0.2) is 0 Å². The van der Waals surface area contributed by atoms with Gasteiger partial charge in [0.25, 0.3) is 0 Å². The average Bonchev–Trinajstić information content (AvgIpc) is 2.88. The number of benzene rings is 1. The van der Waals surface area contributed by atoms with Crippen LogP contribution in [0.25, 0.3) is 0 Å². The summed E-state index contributed by atoms with van der Waals surface area (Å²) in [6, 6.07) is 8.32. The van der Waals surface area contributed by atoms with Crippen molar-refractivity contribution in [2.45, 2.75) is 45.6 Å². The van der Waals surface area contributed by atoms with Crippen LogP contribution >= 0.6 is 0 Å². The number of rotatable bonds is 7. The van der Waals surface area contributed by atoms with E-state index >= 15 is 0 Å². The summed E-state index contributed by atoms with van der Waals surface area (Å²) in [5.41, 5.74) is 2.58. The summed E-state index contributed by atoms with van der Waals surface area (Å²) in [6.45, 7) is 5.13. The summed E-state index contributed by atoms with van der Waals surface area (Å²) >= 11 is 0. The lowest BCUT2D eigenvalue weighted by atomic mass is 9.94. The zero-order valence-corrected chi connectivity index (χ0v) is 13.6. The molecule has 2 amide bonds. The number of carbonyl (C=O) groups is 1. The SMILES string of the molecule is CC(C)C[C@H](CCO)CNC(=O)N[C@H]1CCc2ccccc21. The van der Waals surface area contributed by atoms with E-state index < -0.39 is 0 Å². The number of aliphatic hydroxyl groups excluding tert-OH is 1. The minimum Gasteiger partial charge on any atom is -0.396 e. The number of hydrogen-bond donors (Lipinski definition) is 3. The number of aryl methyl sites for hydroxylation is 1. The molecule has 0 saturated heterocycles. The number of urea groups is 1. The fourth-order valence-electron chi connectivity index (χ4n) is 3.31. The molecular weight excluding hydrogens is 276 g/mol. The molecule has 4 nitrogen and oxygen atoms in total. The zero-order valence-electron chi connectivity index (χ0n) is 13.6. The summed E-state index contributed by atoms with van der Waals surface area (Å²) in [6.07, 6.45) is 3.76. The topological polar surface area (TPSA) is 61.4 Å². The molecule has 0 heterocycles. The molecular formula is C18H28N2O2. The van der Waals surface area contributed by atoms with E-state index in [9.17, 15) is 4.79 Å². The van der Waals surface area contributed by atoms with Crippen molar-refractivity contribution in [3.63, 3.8) is 0 Å². The number of amides is 2. The van der Waals surface area contributed by atoms with E-state index in [4.69, 9.17) is 5.11 Å². The second-order valence-corrected chi connectivity index (χ2v) is 6.65. The largest absolute Gasteiger partial charge is 0.396 e. The lowest BCUT2D eigenvalue weighted by molar-refractivity contribution is 0.222. The van der Waals surface area contributed by atoms with Crippen molar-refractivity contribution in [3.05, 3.63) is 35.4 Å². The maximum Gasteiger partial charge on any atom is 0.315 e. The van der Waals surface area contributed by atoms with E-state index in [-0.39, 0.29) is 18.7 Å². The van der Waals surface area contributed by atoms with Crippen molar-refractivity contribution in [2.24, 2.45) is 11.8 Å². The monoisotopic (exact) mass is 304 g/mol. The molecule has 0 bridgehead atoms. The Morgan fingerprint density at radius 3 is 2.86 bits per heavy atom. The molecule has 3 N–H and O–H groups in total. The number of hydrogen-bond acceptors (Lipinski definition) is 2. The van der Waals surface area contributed by atoms with E-state index in [2.05, 4.69) is 36.6 Å². The fraction of sp³-hybridized carbons (Fsp3) is 0.611. The predicted octanol–water partition coefficient (Wildman–Crippen LogP) is 3.02. The van der Waals surface area contributed by atoms with Crippen molar-refractivity contribution >= 4 is 6.03 Å². The summed E-state index contributed by atoms with van der Waals surface area (Å²) in [5.74, 6) is 0.912. The number of aliphatic hydroxyl groups is 1. The summed E-state index contributed by atoms with van der Waals surface area (Å²) in [7, 11) is 0. The van der Waals surface area contributed by atoms with Crippen molar-refractivity contribution in [1.82, 2.24) is 10.6 Å². The van der Waals surface area contributed by atoms with Crippen LogP contribution in [-0.2, 0) is 6.42 Å². The Bertz CT molecular complexity index is 488. The van der Waals surface area contributed by atoms with Gasteiger partial charge in [0.1, 0.15) is 0 Å². The Morgan fingerprint density at radius 1 is 1.36 bits per heavy atom. The molecule has 2 rings (SSSR count). The van der Waals surface area contributed by atoms with E-state index in [1.807, 2.05) is 12.1 Å². The Kier molecular flexibility index (Phi) is 6.25. The smallest absolute Gasteiger partial charge is 0.315 e. The highest BCUT2D eigenvalue weighted by molar-refractivity contribution is 5.74. The van der Waals surface area contributed by atoms with Crippen LogP contribution in [-0.4, -0.2) is 24.3 Å². The van der Waals surface area contributed by atoms with Gasteiger partial charge in [-0.05, 0) is 48.6 Å². The molecule has 0 fully saturated rings. The number of nitrogens with one attached hydrogen (secondary N) is 2. The van der Waals surface area contributed by atoms with Crippen LogP contribution < -0.4 is 10.6 Å². The van der Waals surface area contributed by atoms with Gasteiger partial charge >= 0.3 is 6.03 Å². The first kappa shape index (κ1) is 16.8. The van der Waals surface area contributed by atoms with E-state index in [0.29, 0.717) is 18.4 Å². The van der Waals surface area contributed by atoms with Crippen LogP contribution in [0.3, 0.4) is 0 Å². The minimum absolute atomic E-state index is 0.103. The van der Waals surface area contributed by atoms with Crippen LogP contribution in [0.2, 0.25) is 0 Å². The molecule has 2 atom stereocenters. The van der Waals surface area contributed by atoms with Gasteiger partial charge in [-0.3, -0.25) is 0 Å². The van der Waals surface area contributed by atoms with Gasteiger partial charge in [-0.25, -0.2) is 4.79 Å². The molecule has 1 aromatic carbocycles. The van der Waals surface area contributed by atoms with Gasteiger partial charge in [-0.15, -0.1) is 0 Å². The van der Waals surface area contributed by atoms with E-state index in [0.717, 1.165) is 25.7 Å². The van der Waals surface area contributed by atoms with Gasteiger partial charge < -0.3 is 15.7 Å². The molecule has 1 aliphatic rings. The fourth-order valence-corrected chi connectivity index (χ4v) is 3.31. The van der Waals surface area contributed by atoms with Crippen LogP contribution in [0.1, 0.15) is 50.3 Å². The first-order valence-electron chi connectivity index (χ1n) is 8.33. The van der Waals surface area contributed by atoms with E-state index in [1.165, 1.54) is 11.1 Å². The molecule has 0 aromatic heterocycles. The van der Waals surface area contributed by atoms with Gasteiger partial charge in [0.2, 0.25) is 0 Å². The molecule has 0 radical (unpaired) electrons. The van der Waals surface area contributed by atoms with Gasteiger partial charge in [0, 0.05) is 13.2 Å². The van der Waals surface area contributed by atoms with Crippen LogP contribution in [0, 0.1) is 11.8 Å². The molecule has 0 spiro atoms. The highest BCUT2D eigenvalue weighted by Crippen LogP contribution is 2.30. The predicted molar refractivity (Wildman–Crippen MR) is 88.7 cm³/mol. The molecule has 4 heteroatoms. The van der Waals surface area contributed by atoms with Crippen molar-refractivity contribution in [3.8, 4) is 0 Å². The third kappa shape index (κ3) is 4.73. The quantitative estimate of drug-likeness (QED) is 0.725. The molecule has 0 saturated carbocycles. The van der Waals surface area contributed by atoms with Crippen LogP contribution in [0.4, 0.5) is 4.79 Å². The second kappa shape index (κ2) is 8.18. The zero-order chi connectivity index (χ0) is 15.9. The molecule has 0 aliphatic heterocycles. The van der Waals surface area contributed by atoms with Crippen molar-refractivity contribution in [1.29, 1.82) is 0 Å². The van der Waals surface area contributed by atoms with Crippen LogP contribution in [0.15, 0.2) is 24.3 Å². The summed E-state index contributed by atoms with van der Waals surface area (Å²) < 4.78 is 0. The average molecular weight is 304 g/mol. The Labute approximate surface area is 133 Å². The maximum atomic E-state index is 12.1. The second-order valence-electron chi connectivity index (χ2n) is 6.65. The third-order valence-electron chi connectivity index (χ3n) is 4.33. The Balaban J connectivity index is 1.81. The normalized spacial score (nSPS) is 18.1. The van der Waals surface area contributed by atoms with Crippen molar-refractivity contribution < 1.29 is 9.90 Å². The summed E-state index contributed by atoms with van der Waals surface area (Å²) in [5, 5.41) is 15.2. The molecule has 0 unspecified atom stereocenters. The van der Waals surface area contributed by atoms with Gasteiger partial charge in [-0.2, -0.15) is 0 Å². The first-order chi connectivity index (χ1) is 10.6. The van der Waals surface area contributed by atoms with E-state index in [1.54, 1.807) is 0 Å². The highest BCUT2D eigenvalue weighted by Gasteiger charge is 2.23. The number of carbonyl (C=O) groups excluding carboxylic acids is 1. The van der Waals surface area contributed by atoms with Crippen LogP contribution in [0.5, 0.6) is 0 Å². The molecule has 1 aliphatic carbocycles. The molecule has 122 valence electrons. The molecule has 22 heavy (non-hydrogen) atoms. The number of fused-ring (bicyclic) bond motifs is 1. The lowest BCUT2D eigenvalue weighted by Crippen LogP contribution is -2.40. The van der Waals surface area contributed by atoms with Gasteiger partial charge in [-0.1, -0.05) is 38.1 Å². The lowest BCUT2D eigenvalue weighted by Gasteiger charge is -2.20. The first-order valence-corrected chi connectivity index (χ1v) is 8.33. The standard InChI is InChI=1S/C18H28N2O2/c1-13(2)11-14(9-10-21)12-19-18(22)20-17-8-7-15-5-3-4-6-16(15)17/h3-6,13-14,17,21H,7-12H2,1-2H3,(H2,19,20,22)/t14-,17-/m0/s1. The Morgan fingerprint density at radius 2 is 2.14 bits per heavy atom. The minimum atomic E-state index is -0.103. The third-order valence-corrected chi connectivity index (χ3v) is 4.33. The van der Waals surface area contributed by atoms with Crippen molar-refractivity contribution in [2.75, 3.05) is 13.2 Å². The molecule has 1 aromatic rings. The van der Waals surface area contributed by atoms with Gasteiger partial charge in [0.05, 0.1) is 6.04 Å². The summed E-state index contributed by atoms with van der Waals surface area (Å²) in [4.78, 5) is 12.1. The Hall–Kier alpha value is -1.55.